The molecule has 0 bridgehead atoms. The molecule has 0 atom stereocenters. The lowest BCUT2D eigenvalue weighted by atomic mass is 10.1. The maximum absolute atomic E-state index is 12.4. The first-order valence-corrected chi connectivity index (χ1v) is 4.49. The van der Waals surface area contributed by atoms with Gasteiger partial charge in [0.25, 0.3) is 0 Å². The van der Waals surface area contributed by atoms with Gasteiger partial charge in [-0.1, -0.05) is 21.1 Å². The SMILES string of the molecule is NC(=NO)c1cc(Br)cc(C(F)(F)F)c1. The van der Waals surface area contributed by atoms with Gasteiger partial charge in [-0.15, -0.1) is 0 Å². The lowest BCUT2D eigenvalue weighted by Gasteiger charge is -2.09. The Morgan fingerprint density at radius 3 is 2.40 bits per heavy atom. The Morgan fingerprint density at radius 1 is 1.33 bits per heavy atom. The van der Waals surface area contributed by atoms with E-state index in [1.165, 1.54) is 6.07 Å². The highest BCUT2D eigenvalue weighted by atomic mass is 79.9. The molecule has 0 unspecified atom stereocenters. The van der Waals surface area contributed by atoms with Crippen LogP contribution in [0, 0.1) is 0 Å². The first kappa shape index (κ1) is 11.8. The Labute approximate surface area is 91.5 Å². The Morgan fingerprint density at radius 2 is 1.93 bits per heavy atom. The van der Waals surface area contributed by atoms with Crippen LogP contribution in [0.4, 0.5) is 13.2 Å². The standard InChI is InChI=1S/C8H6BrF3N2O/c9-6-2-4(7(13)14-15)1-5(3-6)8(10,11)12/h1-3,15H,(H2,13,14). The molecule has 0 spiro atoms. The molecule has 0 heterocycles. The van der Waals surface area contributed by atoms with E-state index in [2.05, 4.69) is 21.1 Å². The molecule has 0 saturated heterocycles. The molecular weight excluding hydrogens is 277 g/mol. The van der Waals surface area contributed by atoms with Crippen molar-refractivity contribution in [1.29, 1.82) is 0 Å². The Hall–Kier alpha value is -1.24. The molecule has 0 fully saturated rings. The number of hydrogen-bond donors (Lipinski definition) is 2. The van der Waals surface area contributed by atoms with Crippen molar-refractivity contribution in [3.63, 3.8) is 0 Å². The lowest BCUT2D eigenvalue weighted by Crippen LogP contribution is -2.15. The third kappa shape index (κ3) is 2.85. The van der Waals surface area contributed by atoms with Crippen LogP contribution in [-0.2, 0) is 6.18 Å². The van der Waals surface area contributed by atoms with Crippen molar-refractivity contribution in [1.82, 2.24) is 0 Å². The number of rotatable bonds is 1. The monoisotopic (exact) mass is 282 g/mol. The summed E-state index contributed by atoms with van der Waals surface area (Å²) in [5.74, 6) is -0.373. The molecule has 0 aliphatic rings. The van der Waals surface area contributed by atoms with E-state index < -0.39 is 11.7 Å². The van der Waals surface area contributed by atoms with E-state index in [1.807, 2.05) is 0 Å². The minimum absolute atomic E-state index is 0.000741. The van der Waals surface area contributed by atoms with Gasteiger partial charge in [0.2, 0.25) is 0 Å². The second kappa shape index (κ2) is 4.09. The fraction of sp³-hybridized carbons (Fsp3) is 0.125. The third-order valence-electron chi connectivity index (χ3n) is 1.63. The number of alkyl halides is 3. The Balaban J connectivity index is 3.29. The third-order valence-corrected chi connectivity index (χ3v) is 2.09. The van der Waals surface area contributed by atoms with E-state index in [1.54, 1.807) is 0 Å². The van der Waals surface area contributed by atoms with Crippen LogP contribution in [0.5, 0.6) is 0 Å². The topological polar surface area (TPSA) is 58.6 Å². The molecule has 0 radical (unpaired) electrons. The molecule has 0 aromatic heterocycles. The predicted molar refractivity (Wildman–Crippen MR) is 51.7 cm³/mol. The molecule has 3 nitrogen and oxygen atoms in total. The highest BCUT2D eigenvalue weighted by Gasteiger charge is 2.31. The first-order valence-electron chi connectivity index (χ1n) is 3.70. The largest absolute Gasteiger partial charge is 0.416 e. The molecule has 82 valence electrons. The zero-order valence-electron chi connectivity index (χ0n) is 7.22. The van der Waals surface area contributed by atoms with E-state index in [0.717, 1.165) is 12.1 Å². The van der Waals surface area contributed by atoms with Crippen LogP contribution < -0.4 is 5.73 Å². The number of nitrogens with two attached hydrogens (primary N) is 1. The van der Waals surface area contributed by atoms with Gasteiger partial charge in [-0.3, -0.25) is 0 Å². The molecule has 3 N–H and O–H groups in total. The number of amidine groups is 1. The van der Waals surface area contributed by atoms with E-state index in [4.69, 9.17) is 10.9 Å². The molecular formula is C8H6BrF3N2O. The van der Waals surface area contributed by atoms with E-state index in [-0.39, 0.29) is 15.9 Å². The summed E-state index contributed by atoms with van der Waals surface area (Å²) in [6.45, 7) is 0. The highest BCUT2D eigenvalue weighted by molar-refractivity contribution is 9.10. The van der Waals surface area contributed by atoms with Crippen LogP contribution in [0.25, 0.3) is 0 Å². The second-order valence-corrected chi connectivity index (χ2v) is 3.63. The summed E-state index contributed by atoms with van der Waals surface area (Å²) in [6.07, 6.45) is -4.46. The van der Waals surface area contributed by atoms with Crippen LogP contribution in [-0.4, -0.2) is 11.0 Å². The van der Waals surface area contributed by atoms with Crippen molar-refractivity contribution in [2.45, 2.75) is 6.18 Å². The summed E-state index contributed by atoms with van der Waals surface area (Å²) in [5, 5.41) is 11.0. The minimum Gasteiger partial charge on any atom is -0.409 e. The average Bonchev–Trinajstić information content (AvgIpc) is 2.14. The average molecular weight is 283 g/mol. The first-order chi connectivity index (χ1) is 6.84. The summed E-state index contributed by atoms with van der Waals surface area (Å²) < 4.78 is 37.3. The maximum atomic E-state index is 12.4. The fourth-order valence-electron chi connectivity index (χ4n) is 0.959. The normalized spacial score (nSPS) is 12.9. The Kier molecular flexibility index (Phi) is 3.23. The van der Waals surface area contributed by atoms with Gasteiger partial charge in [0.15, 0.2) is 5.84 Å². The number of halogens is 4. The van der Waals surface area contributed by atoms with Crippen LogP contribution in [0.15, 0.2) is 27.8 Å². The van der Waals surface area contributed by atoms with Crippen LogP contribution >= 0.6 is 15.9 Å². The molecule has 0 saturated carbocycles. The van der Waals surface area contributed by atoms with Gasteiger partial charge in [-0.2, -0.15) is 13.2 Å². The van der Waals surface area contributed by atoms with Gasteiger partial charge in [-0.05, 0) is 18.2 Å². The van der Waals surface area contributed by atoms with Crippen molar-refractivity contribution >= 4 is 21.8 Å². The van der Waals surface area contributed by atoms with Crippen LogP contribution in [0.1, 0.15) is 11.1 Å². The molecule has 1 aromatic carbocycles. The van der Waals surface area contributed by atoms with Crippen molar-refractivity contribution < 1.29 is 18.4 Å². The molecule has 7 heteroatoms. The fourth-order valence-corrected chi connectivity index (χ4v) is 1.45. The Bertz CT molecular complexity index is 403. The quantitative estimate of drug-likeness (QED) is 0.360. The lowest BCUT2D eigenvalue weighted by molar-refractivity contribution is -0.137. The van der Waals surface area contributed by atoms with Crippen molar-refractivity contribution in [2.24, 2.45) is 10.9 Å². The molecule has 1 rings (SSSR count). The van der Waals surface area contributed by atoms with E-state index >= 15 is 0 Å². The summed E-state index contributed by atoms with van der Waals surface area (Å²) in [6, 6.07) is 3.04. The second-order valence-electron chi connectivity index (χ2n) is 2.71. The number of oxime groups is 1. The summed E-state index contributed by atoms with van der Waals surface area (Å²) in [5.41, 5.74) is 4.32. The zero-order chi connectivity index (χ0) is 11.6. The number of benzene rings is 1. The van der Waals surface area contributed by atoms with E-state index in [9.17, 15) is 13.2 Å². The summed E-state index contributed by atoms with van der Waals surface area (Å²) in [4.78, 5) is 0. The molecule has 0 amide bonds. The number of nitrogens with zero attached hydrogens (tertiary/aromatic N) is 1. The minimum atomic E-state index is -4.46. The van der Waals surface area contributed by atoms with Gasteiger partial charge >= 0.3 is 6.18 Å². The smallest absolute Gasteiger partial charge is 0.409 e. The maximum Gasteiger partial charge on any atom is 0.416 e. The summed E-state index contributed by atoms with van der Waals surface area (Å²) in [7, 11) is 0. The number of hydrogen-bond acceptors (Lipinski definition) is 2. The highest BCUT2D eigenvalue weighted by Crippen LogP contribution is 2.31. The van der Waals surface area contributed by atoms with Gasteiger partial charge in [0.1, 0.15) is 0 Å². The van der Waals surface area contributed by atoms with Crippen molar-refractivity contribution in [2.75, 3.05) is 0 Å². The molecule has 0 aliphatic heterocycles. The van der Waals surface area contributed by atoms with Crippen LogP contribution in [0.2, 0.25) is 0 Å². The predicted octanol–water partition coefficient (Wildman–Crippen LogP) is 2.56. The molecule has 15 heavy (non-hydrogen) atoms. The van der Waals surface area contributed by atoms with Gasteiger partial charge in [-0.25, -0.2) is 0 Å². The van der Waals surface area contributed by atoms with Crippen molar-refractivity contribution in [3.8, 4) is 0 Å². The van der Waals surface area contributed by atoms with Gasteiger partial charge in [0.05, 0.1) is 5.56 Å². The molecule has 0 aliphatic carbocycles. The molecule has 1 aromatic rings. The van der Waals surface area contributed by atoms with Crippen molar-refractivity contribution in [3.05, 3.63) is 33.8 Å². The van der Waals surface area contributed by atoms with Crippen LogP contribution in [0.3, 0.4) is 0 Å². The van der Waals surface area contributed by atoms with Gasteiger partial charge < -0.3 is 10.9 Å². The zero-order valence-corrected chi connectivity index (χ0v) is 8.80. The van der Waals surface area contributed by atoms with E-state index in [0.29, 0.717) is 0 Å². The van der Waals surface area contributed by atoms with Gasteiger partial charge in [0, 0.05) is 10.0 Å². The summed E-state index contributed by atoms with van der Waals surface area (Å²) >= 11 is 2.91.